The van der Waals surface area contributed by atoms with Crippen molar-refractivity contribution in [3.8, 4) is 5.75 Å². The van der Waals surface area contributed by atoms with Crippen LogP contribution in [0.2, 0.25) is 0 Å². The number of amides is 3. The molecule has 3 aliphatic heterocycles. The molecule has 3 amide bonds. The highest BCUT2D eigenvalue weighted by atomic mass is 16.5. The zero-order valence-corrected chi connectivity index (χ0v) is 19.9. The van der Waals surface area contributed by atoms with Crippen molar-refractivity contribution in [2.45, 2.75) is 38.0 Å². The topological polar surface area (TPSA) is 88.2 Å². The molecule has 0 bridgehead atoms. The Labute approximate surface area is 213 Å². The lowest BCUT2D eigenvalue weighted by Crippen LogP contribution is -2.52. The van der Waals surface area contributed by atoms with Gasteiger partial charge in [-0.2, -0.15) is 0 Å². The van der Waals surface area contributed by atoms with Crippen LogP contribution >= 0.6 is 0 Å². The minimum Gasteiger partial charge on any atom is -0.489 e. The number of benzene rings is 2. The van der Waals surface area contributed by atoms with Crippen molar-refractivity contribution in [1.82, 2.24) is 15.1 Å². The summed E-state index contributed by atoms with van der Waals surface area (Å²) in [5, 5.41) is 2.31. The molecule has 0 aromatic heterocycles. The molecule has 2 atom stereocenters. The number of piperidine rings is 1. The van der Waals surface area contributed by atoms with E-state index in [4.69, 9.17) is 33.0 Å². The molecular formula is C25H24B3N3O5. The third-order valence-electron chi connectivity index (χ3n) is 7.09. The molecular weight excluding hydrogens is 455 g/mol. The summed E-state index contributed by atoms with van der Waals surface area (Å²) in [4.78, 5) is 40.5. The molecule has 3 aliphatic rings. The second-order valence-electron chi connectivity index (χ2n) is 9.21. The first-order chi connectivity index (χ1) is 17.3. The van der Waals surface area contributed by atoms with E-state index in [2.05, 4.69) is 10.2 Å². The molecule has 2 saturated heterocycles. The van der Waals surface area contributed by atoms with Crippen LogP contribution < -0.4 is 21.0 Å². The van der Waals surface area contributed by atoms with E-state index in [1.54, 1.807) is 18.2 Å². The van der Waals surface area contributed by atoms with Crippen molar-refractivity contribution >= 4 is 52.2 Å². The SMILES string of the molecule is [B]c1c(COc2cccc3c2CN(C2CCC(=O)NC2=O)C3=O)ccc(C([B])N2CCOCC2)c1[B]. The molecule has 2 fully saturated rings. The van der Waals surface area contributed by atoms with Gasteiger partial charge < -0.3 is 19.3 Å². The zero-order valence-electron chi connectivity index (χ0n) is 19.9. The van der Waals surface area contributed by atoms with E-state index in [-0.39, 0.29) is 37.3 Å². The minimum absolute atomic E-state index is 0.145. The van der Waals surface area contributed by atoms with Gasteiger partial charge in [0.15, 0.2) is 0 Å². The summed E-state index contributed by atoms with van der Waals surface area (Å²) in [5.41, 5.74) is 3.47. The van der Waals surface area contributed by atoms with Crippen molar-refractivity contribution in [2.75, 3.05) is 26.3 Å². The van der Waals surface area contributed by atoms with E-state index in [1.165, 1.54) is 4.90 Å². The van der Waals surface area contributed by atoms with Gasteiger partial charge in [0.2, 0.25) is 11.8 Å². The van der Waals surface area contributed by atoms with Gasteiger partial charge in [-0.1, -0.05) is 29.1 Å². The Morgan fingerprint density at radius 1 is 1.08 bits per heavy atom. The number of carbonyl (C=O) groups is 3. The van der Waals surface area contributed by atoms with Crippen LogP contribution in [0.1, 0.15) is 45.8 Å². The fourth-order valence-electron chi connectivity index (χ4n) is 4.98. The van der Waals surface area contributed by atoms with Crippen molar-refractivity contribution in [3.63, 3.8) is 0 Å². The summed E-state index contributed by atoms with van der Waals surface area (Å²) in [6.07, 6.45) is 0.501. The number of imide groups is 1. The van der Waals surface area contributed by atoms with Crippen LogP contribution in [0.4, 0.5) is 0 Å². The van der Waals surface area contributed by atoms with Crippen LogP contribution in [0.3, 0.4) is 0 Å². The summed E-state index contributed by atoms with van der Waals surface area (Å²) < 4.78 is 11.5. The van der Waals surface area contributed by atoms with Gasteiger partial charge in [-0.05, 0) is 35.6 Å². The molecule has 0 spiro atoms. The van der Waals surface area contributed by atoms with Gasteiger partial charge >= 0.3 is 0 Å². The monoisotopic (exact) mass is 479 g/mol. The average molecular weight is 479 g/mol. The largest absolute Gasteiger partial charge is 0.489 e. The van der Waals surface area contributed by atoms with Crippen molar-refractivity contribution in [2.24, 2.45) is 0 Å². The third kappa shape index (κ3) is 4.57. The predicted octanol–water partition coefficient (Wildman–Crippen LogP) is -0.886. The molecule has 36 heavy (non-hydrogen) atoms. The van der Waals surface area contributed by atoms with Gasteiger partial charge in [0, 0.05) is 30.6 Å². The lowest BCUT2D eigenvalue weighted by Gasteiger charge is -2.34. The molecule has 0 saturated carbocycles. The second kappa shape index (κ2) is 10.1. The van der Waals surface area contributed by atoms with E-state index in [9.17, 15) is 14.4 Å². The van der Waals surface area contributed by atoms with E-state index >= 15 is 0 Å². The Bertz CT molecular complexity index is 1220. The van der Waals surface area contributed by atoms with Gasteiger partial charge in [-0.3, -0.25) is 19.7 Å². The zero-order chi connectivity index (χ0) is 25.4. The van der Waals surface area contributed by atoms with Gasteiger partial charge in [0.1, 0.15) is 34.1 Å². The lowest BCUT2D eigenvalue weighted by atomic mass is 9.70. The summed E-state index contributed by atoms with van der Waals surface area (Å²) >= 11 is 0. The van der Waals surface area contributed by atoms with Gasteiger partial charge in [-0.15, -0.1) is 0 Å². The summed E-state index contributed by atoms with van der Waals surface area (Å²) in [5.74, 6) is -0.877. The second-order valence-corrected chi connectivity index (χ2v) is 9.21. The Morgan fingerprint density at radius 2 is 1.86 bits per heavy atom. The van der Waals surface area contributed by atoms with E-state index in [0.29, 0.717) is 53.0 Å². The van der Waals surface area contributed by atoms with Gasteiger partial charge in [0.05, 0.1) is 27.6 Å². The molecule has 11 heteroatoms. The fraction of sp³-hybridized carbons (Fsp3) is 0.400. The number of hydrogen-bond acceptors (Lipinski definition) is 6. The Hall–Kier alpha value is -3.04. The summed E-state index contributed by atoms with van der Waals surface area (Å²) in [7, 11) is 19.2. The predicted molar refractivity (Wildman–Crippen MR) is 135 cm³/mol. The number of carbonyl (C=O) groups excluding carboxylic acids is 3. The van der Waals surface area contributed by atoms with Crippen LogP contribution in [-0.2, 0) is 27.5 Å². The first-order valence-corrected chi connectivity index (χ1v) is 12.0. The van der Waals surface area contributed by atoms with Crippen molar-refractivity contribution in [1.29, 1.82) is 0 Å². The van der Waals surface area contributed by atoms with Crippen LogP contribution in [-0.4, -0.2) is 83.4 Å². The van der Waals surface area contributed by atoms with Crippen LogP contribution in [0.5, 0.6) is 5.75 Å². The molecule has 1 N–H and O–H groups in total. The van der Waals surface area contributed by atoms with Crippen LogP contribution in [0, 0.1) is 0 Å². The van der Waals surface area contributed by atoms with E-state index < -0.39 is 11.9 Å². The van der Waals surface area contributed by atoms with E-state index in [1.807, 2.05) is 12.1 Å². The summed E-state index contributed by atoms with van der Waals surface area (Å²) in [6, 6.07) is 8.27. The number of nitrogens with one attached hydrogen (secondary N) is 1. The van der Waals surface area contributed by atoms with Crippen molar-refractivity contribution in [3.05, 3.63) is 52.6 Å². The fourth-order valence-corrected chi connectivity index (χ4v) is 4.98. The number of hydrogen-bond donors (Lipinski definition) is 1. The highest BCUT2D eigenvalue weighted by molar-refractivity contribution is 6.50. The number of morpholine rings is 1. The third-order valence-corrected chi connectivity index (χ3v) is 7.09. The Morgan fingerprint density at radius 3 is 2.61 bits per heavy atom. The first kappa shape index (κ1) is 24.7. The molecule has 2 aromatic carbocycles. The molecule has 0 aliphatic carbocycles. The van der Waals surface area contributed by atoms with Crippen LogP contribution in [0.25, 0.3) is 0 Å². The van der Waals surface area contributed by atoms with Crippen LogP contribution in [0.15, 0.2) is 30.3 Å². The molecule has 5 rings (SSSR count). The average Bonchev–Trinajstić information content (AvgIpc) is 3.22. The Kier molecular flexibility index (Phi) is 6.95. The minimum atomic E-state index is -0.686. The molecule has 178 valence electrons. The smallest absolute Gasteiger partial charge is 0.255 e. The highest BCUT2D eigenvalue weighted by Crippen LogP contribution is 2.34. The highest BCUT2D eigenvalue weighted by Gasteiger charge is 2.40. The normalized spacial score (nSPS) is 21.3. The standard InChI is InChI=1S/C25H24B3N3O5/c26-21-14(4-5-16(22(21)27)23(28)30-8-10-35-11-9-30)13-36-19-3-1-2-15-17(19)12-31(25(15)34)18-6-7-20(32)29-24(18)33/h1-5,18,23H,6-13H2,(H,29,32,33). The molecule has 3 heterocycles. The van der Waals surface area contributed by atoms with Gasteiger partial charge in [0.25, 0.3) is 5.91 Å². The maximum atomic E-state index is 13.0. The molecule has 6 radical (unpaired) electrons. The number of nitrogens with zero attached hydrogens (tertiary/aromatic N) is 2. The number of rotatable bonds is 6. The van der Waals surface area contributed by atoms with Crippen molar-refractivity contribution < 1.29 is 23.9 Å². The number of fused-ring (bicyclic) bond motifs is 1. The first-order valence-electron chi connectivity index (χ1n) is 12.0. The maximum absolute atomic E-state index is 13.0. The molecule has 2 aromatic rings. The maximum Gasteiger partial charge on any atom is 0.255 e. The molecule has 8 nitrogen and oxygen atoms in total. The Balaban J connectivity index is 1.31. The van der Waals surface area contributed by atoms with E-state index in [0.717, 1.165) is 18.7 Å². The van der Waals surface area contributed by atoms with Gasteiger partial charge in [-0.25, -0.2) is 0 Å². The quantitative estimate of drug-likeness (QED) is 0.428. The summed E-state index contributed by atoms with van der Waals surface area (Å²) in [6.45, 7) is 3.06. The number of ether oxygens (including phenoxy) is 2. The molecule has 2 unspecified atom stereocenters. The lowest BCUT2D eigenvalue weighted by molar-refractivity contribution is -0.136.